The highest BCUT2D eigenvalue weighted by molar-refractivity contribution is 5.75. The van der Waals surface area contributed by atoms with Crippen molar-refractivity contribution in [3.05, 3.63) is 30.1 Å². The summed E-state index contributed by atoms with van der Waals surface area (Å²) in [4.78, 5) is 4.71. The average Bonchev–Trinajstić information content (AvgIpc) is 3.16. The molecule has 0 aliphatic heterocycles. The van der Waals surface area contributed by atoms with E-state index < -0.39 is 0 Å². The molecule has 0 unspecified atom stereocenters. The first kappa shape index (κ1) is 11.7. The van der Waals surface area contributed by atoms with E-state index in [0.29, 0.717) is 6.04 Å². The summed E-state index contributed by atoms with van der Waals surface area (Å²) in [6.07, 6.45) is 2.61. The number of benzene rings is 1. The smallest absolute Gasteiger partial charge is 0.123 e. The van der Waals surface area contributed by atoms with Crippen molar-refractivity contribution in [1.82, 2.24) is 14.9 Å². The fourth-order valence-electron chi connectivity index (χ4n) is 2.22. The Labute approximate surface area is 107 Å². The zero-order chi connectivity index (χ0) is 12.4. The maximum atomic E-state index is 5.19. The highest BCUT2D eigenvalue weighted by Crippen LogP contribution is 2.20. The van der Waals surface area contributed by atoms with Crippen LogP contribution in [0.2, 0.25) is 0 Å². The molecule has 1 aromatic heterocycles. The molecule has 1 saturated carbocycles. The molecule has 1 heterocycles. The van der Waals surface area contributed by atoms with Crippen LogP contribution in [0.3, 0.4) is 0 Å². The molecule has 18 heavy (non-hydrogen) atoms. The van der Waals surface area contributed by atoms with Gasteiger partial charge in [-0.15, -0.1) is 0 Å². The van der Waals surface area contributed by atoms with E-state index in [2.05, 4.69) is 28.1 Å². The van der Waals surface area contributed by atoms with Crippen LogP contribution in [0.25, 0.3) is 11.0 Å². The number of ether oxygens (including phenoxy) is 1. The molecule has 0 atom stereocenters. The average molecular weight is 245 g/mol. The molecule has 1 aliphatic carbocycles. The molecule has 3 rings (SSSR count). The highest BCUT2D eigenvalue weighted by atomic mass is 16.5. The first-order chi connectivity index (χ1) is 8.88. The van der Waals surface area contributed by atoms with Crippen molar-refractivity contribution in [3.63, 3.8) is 0 Å². The minimum Gasteiger partial charge on any atom is -0.383 e. The van der Waals surface area contributed by atoms with Crippen LogP contribution in [0.5, 0.6) is 0 Å². The molecule has 1 N–H and O–H groups in total. The summed E-state index contributed by atoms with van der Waals surface area (Å²) in [6.45, 7) is 2.43. The summed E-state index contributed by atoms with van der Waals surface area (Å²) in [7, 11) is 1.74. The third-order valence-corrected chi connectivity index (χ3v) is 3.38. The fraction of sp³-hybridized carbons (Fsp3) is 0.500. The van der Waals surface area contributed by atoms with Crippen molar-refractivity contribution in [2.24, 2.45) is 0 Å². The summed E-state index contributed by atoms with van der Waals surface area (Å²) in [5.41, 5.74) is 2.27. The van der Waals surface area contributed by atoms with Crippen LogP contribution >= 0.6 is 0 Å². The summed E-state index contributed by atoms with van der Waals surface area (Å²) in [5, 5.41) is 3.53. The van der Waals surface area contributed by atoms with Crippen molar-refractivity contribution in [3.8, 4) is 0 Å². The number of nitrogens with one attached hydrogen (secondary N) is 1. The molecule has 1 fully saturated rings. The third-order valence-electron chi connectivity index (χ3n) is 3.38. The highest BCUT2D eigenvalue weighted by Gasteiger charge is 2.21. The summed E-state index contributed by atoms with van der Waals surface area (Å²) < 4.78 is 7.45. The SMILES string of the molecule is COCCn1c(CNC2CC2)nc2ccccc21. The molecule has 4 heteroatoms. The molecule has 0 bridgehead atoms. The van der Waals surface area contributed by atoms with E-state index in [1.54, 1.807) is 7.11 Å². The van der Waals surface area contributed by atoms with Crippen LogP contribution in [0.4, 0.5) is 0 Å². The van der Waals surface area contributed by atoms with Gasteiger partial charge in [0.2, 0.25) is 0 Å². The molecule has 0 amide bonds. The Morgan fingerprint density at radius 2 is 2.22 bits per heavy atom. The van der Waals surface area contributed by atoms with Gasteiger partial charge >= 0.3 is 0 Å². The topological polar surface area (TPSA) is 39.1 Å². The van der Waals surface area contributed by atoms with E-state index in [1.807, 2.05) is 6.07 Å². The van der Waals surface area contributed by atoms with Gasteiger partial charge in [-0.1, -0.05) is 12.1 Å². The maximum absolute atomic E-state index is 5.19. The standard InChI is InChI=1S/C14H19N3O/c1-18-9-8-17-13-5-3-2-4-12(13)16-14(17)10-15-11-6-7-11/h2-5,11,15H,6-10H2,1H3. The first-order valence-corrected chi connectivity index (χ1v) is 6.55. The Hall–Kier alpha value is -1.39. The van der Waals surface area contributed by atoms with Crippen LogP contribution in [-0.4, -0.2) is 29.3 Å². The van der Waals surface area contributed by atoms with E-state index in [0.717, 1.165) is 31.0 Å². The number of nitrogens with zero attached hydrogens (tertiary/aromatic N) is 2. The monoisotopic (exact) mass is 245 g/mol. The summed E-state index contributed by atoms with van der Waals surface area (Å²) in [6, 6.07) is 9.00. The molecule has 0 radical (unpaired) electrons. The first-order valence-electron chi connectivity index (χ1n) is 6.55. The lowest BCUT2D eigenvalue weighted by atomic mass is 10.3. The van der Waals surface area contributed by atoms with Gasteiger partial charge in [0.1, 0.15) is 5.82 Å². The molecular formula is C14H19N3O. The minimum atomic E-state index is 0.709. The number of rotatable bonds is 6. The lowest BCUT2D eigenvalue weighted by molar-refractivity contribution is 0.187. The Morgan fingerprint density at radius 3 is 3.00 bits per heavy atom. The van der Waals surface area contributed by atoms with Crippen LogP contribution in [-0.2, 0) is 17.8 Å². The van der Waals surface area contributed by atoms with Crippen molar-refractivity contribution in [2.75, 3.05) is 13.7 Å². The van der Waals surface area contributed by atoms with Gasteiger partial charge < -0.3 is 14.6 Å². The molecule has 96 valence electrons. The lowest BCUT2D eigenvalue weighted by Gasteiger charge is -2.09. The second-order valence-electron chi connectivity index (χ2n) is 4.82. The Bertz CT molecular complexity index is 531. The van der Waals surface area contributed by atoms with Gasteiger partial charge in [-0.25, -0.2) is 4.98 Å². The van der Waals surface area contributed by atoms with Gasteiger partial charge in [-0.3, -0.25) is 0 Å². The van der Waals surface area contributed by atoms with Gasteiger partial charge in [0.25, 0.3) is 0 Å². The molecule has 1 aromatic carbocycles. The van der Waals surface area contributed by atoms with Crippen molar-refractivity contribution in [2.45, 2.75) is 32.0 Å². The maximum Gasteiger partial charge on any atom is 0.123 e. The third kappa shape index (κ3) is 2.40. The molecule has 0 saturated heterocycles. The van der Waals surface area contributed by atoms with Crippen LogP contribution < -0.4 is 5.32 Å². The number of hydrogen-bond donors (Lipinski definition) is 1. The zero-order valence-corrected chi connectivity index (χ0v) is 10.7. The van der Waals surface area contributed by atoms with Crippen molar-refractivity contribution < 1.29 is 4.74 Å². The Balaban J connectivity index is 1.88. The number of para-hydroxylation sites is 2. The number of hydrogen-bond acceptors (Lipinski definition) is 3. The van der Waals surface area contributed by atoms with Gasteiger partial charge in [-0.2, -0.15) is 0 Å². The van der Waals surface area contributed by atoms with E-state index in [-0.39, 0.29) is 0 Å². The Morgan fingerprint density at radius 1 is 1.39 bits per heavy atom. The molecule has 4 nitrogen and oxygen atoms in total. The van der Waals surface area contributed by atoms with Gasteiger partial charge in [-0.05, 0) is 25.0 Å². The van der Waals surface area contributed by atoms with E-state index >= 15 is 0 Å². The lowest BCUT2D eigenvalue weighted by Crippen LogP contribution is -2.19. The van der Waals surface area contributed by atoms with Crippen LogP contribution in [0.1, 0.15) is 18.7 Å². The summed E-state index contributed by atoms with van der Waals surface area (Å²) in [5.74, 6) is 1.11. The quantitative estimate of drug-likeness (QED) is 0.845. The second-order valence-corrected chi connectivity index (χ2v) is 4.82. The van der Waals surface area contributed by atoms with E-state index in [1.165, 1.54) is 18.4 Å². The molecule has 2 aromatic rings. The molecule has 0 spiro atoms. The van der Waals surface area contributed by atoms with E-state index in [4.69, 9.17) is 9.72 Å². The molecular weight excluding hydrogens is 226 g/mol. The van der Waals surface area contributed by atoms with Crippen molar-refractivity contribution in [1.29, 1.82) is 0 Å². The predicted molar refractivity (Wildman–Crippen MR) is 71.5 cm³/mol. The minimum absolute atomic E-state index is 0.709. The Kier molecular flexibility index (Phi) is 3.30. The fourth-order valence-corrected chi connectivity index (χ4v) is 2.22. The predicted octanol–water partition coefficient (Wildman–Crippen LogP) is 1.93. The summed E-state index contributed by atoms with van der Waals surface area (Å²) >= 11 is 0. The van der Waals surface area contributed by atoms with E-state index in [9.17, 15) is 0 Å². The van der Waals surface area contributed by atoms with Gasteiger partial charge in [0.15, 0.2) is 0 Å². The van der Waals surface area contributed by atoms with Gasteiger partial charge in [0, 0.05) is 19.7 Å². The largest absolute Gasteiger partial charge is 0.383 e. The van der Waals surface area contributed by atoms with Crippen LogP contribution in [0, 0.1) is 0 Å². The number of aromatic nitrogens is 2. The second kappa shape index (κ2) is 5.08. The van der Waals surface area contributed by atoms with Crippen LogP contribution in [0.15, 0.2) is 24.3 Å². The normalized spacial score (nSPS) is 15.4. The van der Waals surface area contributed by atoms with Crippen molar-refractivity contribution >= 4 is 11.0 Å². The number of methoxy groups -OCH3 is 1. The zero-order valence-electron chi connectivity index (χ0n) is 10.7. The molecule has 1 aliphatic rings. The van der Waals surface area contributed by atoms with Gasteiger partial charge in [0.05, 0.1) is 24.2 Å². The number of fused-ring (bicyclic) bond motifs is 1. The number of imidazole rings is 1.